The normalized spacial score (nSPS) is 12.2. The smallest absolute Gasteiger partial charge is 0.221 e. The lowest BCUT2D eigenvalue weighted by atomic mass is 10.1. The number of amides is 1. The molecule has 0 aliphatic carbocycles. The predicted octanol–water partition coefficient (Wildman–Crippen LogP) is 2.70. The maximum absolute atomic E-state index is 11.6. The van der Waals surface area contributed by atoms with E-state index in [1.807, 2.05) is 6.92 Å². The van der Waals surface area contributed by atoms with Gasteiger partial charge in [0.15, 0.2) is 0 Å². The van der Waals surface area contributed by atoms with Gasteiger partial charge in [0.25, 0.3) is 0 Å². The lowest BCUT2D eigenvalue weighted by molar-refractivity contribution is -0.121. The van der Waals surface area contributed by atoms with E-state index >= 15 is 0 Å². The molecule has 0 aliphatic rings. The zero-order chi connectivity index (χ0) is 14.3. The van der Waals surface area contributed by atoms with Crippen molar-refractivity contribution in [2.75, 3.05) is 6.54 Å². The predicted molar refractivity (Wildman–Crippen MR) is 80.1 cm³/mol. The molecular formula is C16H26N2O. The van der Waals surface area contributed by atoms with Crippen molar-refractivity contribution in [2.45, 2.75) is 53.1 Å². The second-order valence-electron chi connectivity index (χ2n) is 5.23. The summed E-state index contributed by atoms with van der Waals surface area (Å²) in [5.74, 6) is 0.128. The summed E-state index contributed by atoms with van der Waals surface area (Å²) in [5, 5.41) is 6.30. The first-order chi connectivity index (χ1) is 9.02. The fourth-order valence-electron chi connectivity index (χ4n) is 1.86. The van der Waals surface area contributed by atoms with E-state index in [0.29, 0.717) is 6.42 Å². The van der Waals surface area contributed by atoms with Crippen LogP contribution in [0.2, 0.25) is 0 Å². The Morgan fingerprint density at radius 2 is 2.05 bits per heavy atom. The molecule has 1 amide bonds. The Morgan fingerprint density at radius 3 is 2.74 bits per heavy atom. The number of nitrogens with one attached hydrogen (secondary N) is 2. The second kappa shape index (κ2) is 7.95. The molecule has 0 fully saturated rings. The molecule has 106 valence electrons. The fourth-order valence-corrected chi connectivity index (χ4v) is 1.86. The van der Waals surface area contributed by atoms with Crippen molar-refractivity contribution in [3.05, 3.63) is 34.9 Å². The average molecular weight is 262 g/mol. The van der Waals surface area contributed by atoms with E-state index in [0.717, 1.165) is 19.5 Å². The van der Waals surface area contributed by atoms with Crippen molar-refractivity contribution < 1.29 is 4.79 Å². The van der Waals surface area contributed by atoms with Crippen molar-refractivity contribution in [1.82, 2.24) is 10.6 Å². The van der Waals surface area contributed by atoms with Crippen molar-refractivity contribution >= 4 is 5.91 Å². The van der Waals surface area contributed by atoms with E-state index in [1.165, 1.54) is 16.7 Å². The highest BCUT2D eigenvalue weighted by Gasteiger charge is 2.05. The Morgan fingerprint density at radius 1 is 1.32 bits per heavy atom. The van der Waals surface area contributed by atoms with Crippen LogP contribution in [0.4, 0.5) is 0 Å². The van der Waals surface area contributed by atoms with Crippen LogP contribution in [-0.2, 0) is 11.3 Å². The number of carbonyl (C=O) groups is 1. The number of rotatable bonds is 7. The Bertz CT molecular complexity index is 415. The first-order valence-electron chi connectivity index (χ1n) is 7.09. The van der Waals surface area contributed by atoms with E-state index in [1.54, 1.807) is 0 Å². The van der Waals surface area contributed by atoms with E-state index in [4.69, 9.17) is 0 Å². The van der Waals surface area contributed by atoms with Gasteiger partial charge < -0.3 is 10.6 Å². The topological polar surface area (TPSA) is 41.1 Å². The van der Waals surface area contributed by atoms with Crippen LogP contribution in [0, 0.1) is 13.8 Å². The number of aryl methyl sites for hydroxylation is 2. The SMILES string of the molecule is CCC(C)NC(=O)CCNCc1cc(C)ccc1C. The van der Waals surface area contributed by atoms with Gasteiger partial charge in [-0.3, -0.25) is 4.79 Å². The van der Waals surface area contributed by atoms with Gasteiger partial charge >= 0.3 is 0 Å². The van der Waals surface area contributed by atoms with E-state index in [-0.39, 0.29) is 11.9 Å². The summed E-state index contributed by atoms with van der Waals surface area (Å²) in [6.45, 7) is 9.86. The van der Waals surface area contributed by atoms with Crippen LogP contribution in [-0.4, -0.2) is 18.5 Å². The number of hydrogen-bond acceptors (Lipinski definition) is 2. The van der Waals surface area contributed by atoms with Crippen molar-refractivity contribution in [3.63, 3.8) is 0 Å². The Balaban J connectivity index is 2.27. The number of hydrogen-bond donors (Lipinski definition) is 2. The third-order valence-electron chi connectivity index (χ3n) is 3.37. The molecule has 0 saturated carbocycles. The van der Waals surface area contributed by atoms with Crippen LogP contribution in [0.5, 0.6) is 0 Å². The molecule has 2 N–H and O–H groups in total. The maximum atomic E-state index is 11.6. The molecular weight excluding hydrogens is 236 g/mol. The minimum Gasteiger partial charge on any atom is -0.354 e. The molecule has 0 aromatic heterocycles. The molecule has 1 rings (SSSR count). The van der Waals surface area contributed by atoms with Gasteiger partial charge in [-0.15, -0.1) is 0 Å². The van der Waals surface area contributed by atoms with Gasteiger partial charge in [0.1, 0.15) is 0 Å². The summed E-state index contributed by atoms with van der Waals surface area (Å²) in [5.41, 5.74) is 3.88. The largest absolute Gasteiger partial charge is 0.354 e. The van der Waals surface area contributed by atoms with Crippen LogP contribution in [0.1, 0.15) is 43.4 Å². The third kappa shape index (κ3) is 5.88. The first-order valence-corrected chi connectivity index (χ1v) is 7.09. The summed E-state index contributed by atoms with van der Waals surface area (Å²) in [6, 6.07) is 6.73. The molecule has 19 heavy (non-hydrogen) atoms. The highest BCUT2D eigenvalue weighted by atomic mass is 16.1. The quantitative estimate of drug-likeness (QED) is 0.742. The van der Waals surface area contributed by atoms with E-state index in [2.05, 4.69) is 49.6 Å². The van der Waals surface area contributed by atoms with Crippen molar-refractivity contribution in [3.8, 4) is 0 Å². The van der Waals surface area contributed by atoms with Crippen molar-refractivity contribution in [1.29, 1.82) is 0 Å². The maximum Gasteiger partial charge on any atom is 0.221 e. The molecule has 0 spiro atoms. The van der Waals surface area contributed by atoms with Gasteiger partial charge in [0.2, 0.25) is 5.91 Å². The Hall–Kier alpha value is -1.35. The summed E-state index contributed by atoms with van der Waals surface area (Å²) >= 11 is 0. The molecule has 3 nitrogen and oxygen atoms in total. The monoisotopic (exact) mass is 262 g/mol. The van der Waals surface area contributed by atoms with Gasteiger partial charge in [-0.1, -0.05) is 30.7 Å². The minimum atomic E-state index is 0.128. The molecule has 0 bridgehead atoms. The highest BCUT2D eigenvalue weighted by molar-refractivity contribution is 5.76. The summed E-state index contributed by atoms with van der Waals surface area (Å²) in [6.07, 6.45) is 1.51. The molecule has 1 atom stereocenters. The van der Waals surface area contributed by atoms with Gasteiger partial charge in [-0.25, -0.2) is 0 Å². The minimum absolute atomic E-state index is 0.128. The van der Waals surface area contributed by atoms with E-state index in [9.17, 15) is 4.79 Å². The average Bonchev–Trinajstić information content (AvgIpc) is 2.38. The summed E-state index contributed by atoms with van der Waals surface area (Å²) in [4.78, 5) is 11.6. The molecule has 1 aromatic carbocycles. The third-order valence-corrected chi connectivity index (χ3v) is 3.37. The molecule has 0 radical (unpaired) electrons. The molecule has 0 aliphatic heterocycles. The van der Waals surface area contributed by atoms with Gasteiger partial charge in [0.05, 0.1) is 0 Å². The van der Waals surface area contributed by atoms with Gasteiger partial charge in [0, 0.05) is 25.6 Å². The van der Waals surface area contributed by atoms with Crippen molar-refractivity contribution in [2.24, 2.45) is 0 Å². The molecule has 3 heteroatoms. The second-order valence-corrected chi connectivity index (χ2v) is 5.23. The lowest BCUT2D eigenvalue weighted by Gasteiger charge is -2.12. The van der Waals surface area contributed by atoms with Crippen LogP contribution < -0.4 is 10.6 Å². The standard InChI is InChI=1S/C16H26N2O/c1-5-14(4)18-16(19)8-9-17-11-15-10-12(2)6-7-13(15)3/h6-7,10,14,17H,5,8-9,11H2,1-4H3,(H,18,19). The van der Waals surface area contributed by atoms with E-state index < -0.39 is 0 Å². The summed E-state index contributed by atoms with van der Waals surface area (Å²) in [7, 11) is 0. The molecule has 1 aromatic rings. The zero-order valence-corrected chi connectivity index (χ0v) is 12.5. The number of benzene rings is 1. The van der Waals surface area contributed by atoms with Crippen LogP contribution in [0.25, 0.3) is 0 Å². The zero-order valence-electron chi connectivity index (χ0n) is 12.5. The van der Waals surface area contributed by atoms with Gasteiger partial charge in [-0.2, -0.15) is 0 Å². The molecule has 1 unspecified atom stereocenters. The Kier molecular flexibility index (Phi) is 6.57. The highest BCUT2D eigenvalue weighted by Crippen LogP contribution is 2.10. The summed E-state index contributed by atoms with van der Waals surface area (Å²) < 4.78 is 0. The van der Waals surface area contributed by atoms with Gasteiger partial charge in [-0.05, 0) is 38.3 Å². The van der Waals surface area contributed by atoms with Crippen LogP contribution in [0.15, 0.2) is 18.2 Å². The Labute approximate surface area is 116 Å². The fraction of sp³-hybridized carbons (Fsp3) is 0.562. The van der Waals surface area contributed by atoms with Crippen LogP contribution >= 0.6 is 0 Å². The van der Waals surface area contributed by atoms with Crippen LogP contribution in [0.3, 0.4) is 0 Å². The molecule has 0 saturated heterocycles. The number of carbonyl (C=O) groups excluding carboxylic acids is 1. The lowest BCUT2D eigenvalue weighted by Crippen LogP contribution is -2.33. The first kappa shape index (κ1) is 15.7. The molecule has 0 heterocycles.